The van der Waals surface area contributed by atoms with Crippen molar-refractivity contribution in [3.05, 3.63) is 24.0 Å². The molecule has 8 heteroatoms. The van der Waals surface area contributed by atoms with Crippen LogP contribution in [0.3, 0.4) is 0 Å². The second kappa shape index (κ2) is 6.10. The Morgan fingerprint density at radius 3 is 2.61 bits per heavy atom. The highest BCUT2D eigenvalue weighted by Crippen LogP contribution is 2.29. The van der Waals surface area contributed by atoms with Gasteiger partial charge in [-0.3, -0.25) is 0 Å². The number of hydrogen-bond donors (Lipinski definition) is 2. The van der Waals surface area contributed by atoms with E-state index in [1.165, 1.54) is 12.1 Å². The first-order valence-corrected chi connectivity index (χ1v) is 5.39. The molecule has 0 saturated carbocycles. The smallest absolute Gasteiger partial charge is 0.403 e. The number of alkyl halides is 4. The maximum Gasteiger partial charge on any atom is 0.573 e. The standard InChI is InChI=1S/C10H10ClF4NO2/c11-4-6(17)5-16-7-2-1-3-8(9(7)12)18-10(13,14)15/h1-3,6,16-17H,4-5H2. The Morgan fingerprint density at radius 1 is 1.39 bits per heavy atom. The van der Waals surface area contributed by atoms with E-state index in [2.05, 4.69) is 10.1 Å². The molecule has 0 heterocycles. The second-order valence-electron chi connectivity index (χ2n) is 3.35. The van der Waals surface area contributed by atoms with Gasteiger partial charge < -0.3 is 15.2 Å². The molecule has 0 fully saturated rings. The molecule has 18 heavy (non-hydrogen) atoms. The third-order valence-corrected chi connectivity index (χ3v) is 2.25. The van der Waals surface area contributed by atoms with Gasteiger partial charge in [0.25, 0.3) is 0 Å². The topological polar surface area (TPSA) is 41.5 Å². The molecule has 0 bridgehead atoms. The van der Waals surface area contributed by atoms with Crippen molar-refractivity contribution in [1.82, 2.24) is 0 Å². The highest BCUT2D eigenvalue weighted by molar-refractivity contribution is 6.18. The molecule has 1 aromatic carbocycles. The van der Waals surface area contributed by atoms with E-state index in [0.29, 0.717) is 0 Å². The first-order valence-electron chi connectivity index (χ1n) is 4.85. The fraction of sp³-hybridized carbons (Fsp3) is 0.400. The van der Waals surface area contributed by atoms with Crippen molar-refractivity contribution >= 4 is 17.3 Å². The average Bonchev–Trinajstić information content (AvgIpc) is 2.28. The molecular weight excluding hydrogens is 278 g/mol. The van der Waals surface area contributed by atoms with Crippen molar-refractivity contribution in [2.75, 3.05) is 17.7 Å². The summed E-state index contributed by atoms with van der Waals surface area (Å²) in [5.41, 5.74) is -0.207. The van der Waals surface area contributed by atoms with Crippen molar-refractivity contribution in [2.24, 2.45) is 0 Å². The Bertz CT molecular complexity index is 400. The average molecular weight is 288 g/mol. The first-order chi connectivity index (χ1) is 8.33. The van der Waals surface area contributed by atoms with Crippen LogP contribution in [0.25, 0.3) is 0 Å². The predicted molar refractivity (Wildman–Crippen MR) is 58.3 cm³/mol. The van der Waals surface area contributed by atoms with E-state index in [0.717, 1.165) is 6.07 Å². The van der Waals surface area contributed by atoms with E-state index in [4.69, 9.17) is 16.7 Å². The van der Waals surface area contributed by atoms with Gasteiger partial charge in [-0.05, 0) is 12.1 Å². The van der Waals surface area contributed by atoms with E-state index in [9.17, 15) is 17.6 Å². The molecule has 1 atom stereocenters. The lowest BCUT2D eigenvalue weighted by molar-refractivity contribution is -0.275. The van der Waals surface area contributed by atoms with Crippen molar-refractivity contribution in [1.29, 1.82) is 0 Å². The summed E-state index contributed by atoms with van der Waals surface area (Å²) >= 11 is 5.32. The van der Waals surface area contributed by atoms with E-state index in [1.54, 1.807) is 0 Å². The van der Waals surface area contributed by atoms with Crippen LogP contribution in [-0.2, 0) is 0 Å². The highest BCUT2D eigenvalue weighted by atomic mass is 35.5. The molecule has 0 saturated heterocycles. The Balaban J connectivity index is 2.79. The lowest BCUT2D eigenvalue weighted by Crippen LogP contribution is -2.22. The quantitative estimate of drug-likeness (QED) is 0.646. The minimum absolute atomic E-state index is 0.0760. The summed E-state index contributed by atoms with van der Waals surface area (Å²) in [5, 5.41) is 11.6. The zero-order valence-corrected chi connectivity index (χ0v) is 9.72. The molecule has 1 aromatic rings. The Labute approximate surface area is 105 Å². The monoisotopic (exact) mass is 287 g/mol. The van der Waals surface area contributed by atoms with Crippen LogP contribution < -0.4 is 10.1 Å². The number of aliphatic hydroxyl groups excluding tert-OH is 1. The first kappa shape index (κ1) is 14.8. The van der Waals surface area contributed by atoms with Gasteiger partial charge >= 0.3 is 6.36 Å². The predicted octanol–water partition coefficient (Wildman–Crippen LogP) is 2.74. The molecular formula is C10H10ClF4NO2. The van der Waals surface area contributed by atoms with Crippen LogP contribution in [0.1, 0.15) is 0 Å². The zero-order valence-electron chi connectivity index (χ0n) is 8.97. The molecule has 1 rings (SSSR count). The van der Waals surface area contributed by atoms with Gasteiger partial charge in [0.05, 0.1) is 17.7 Å². The molecule has 0 aliphatic heterocycles. The van der Waals surface area contributed by atoms with E-state index >= 15 is 0 Å². The largest absolute Gasteiger partial charge is 0.573 e. The molecule has 2 N–H and O–H groups in total. The summed E-state index contributed by atoms with van der Waals surface area (Å²) in [7, 11) is 0. The van der Waals surface area contributed by atoms with Crippen molar-refractivity contribution < 1.29 is 27.4 Å². The number of rotatable bonds is 5. The molecule has 0 spiro atoms. The van der Waals surface area contributed by atoms with Crippen molar-refractivity contribution in [3.8, 4) is 5.75 Å². The lowest BCUT2D eigenvalue weighted by Gasteiger charge is -2.14. The zero-order chi connectivity index (χ0) is 13.8. The van der Waals surface area contributed by atoms with E-state index in [-0.39, 0.29) is 18.1 Å². The maximum atomic E-state index is 13.6. The fourth-order valence-corrected chi connectivity index (χ4v) is 1.24. The summed E-state index contributed by atoms with van der Waals surface area (Å²) in [4.78, 5) is 0. The lowest BCUT2D eigenvalue weighted by atomic mass is 10.2. The summed E-state index contributed by atoms with van der Waals surface area (Å²) in [6.45, 7) is -0.0874. The third-order valence-electron chi connectivity index (χ3n) is 1.90. The molecule has 0 radical (unpaired) electrons. The number of nitrogens with one attached hydrogen (secondary N) is 1. The van der Waals surface area contributed by atoms with Crippen LogP contribution in [0.2, 0.25) is 0 Å². The number of hydrogen-bond acceptors (Lipinski definition) is 3. The molecule has 3 nitrogen and oxygen atoms in total. The number of halogens is 5. The Hall–Kier alpha value is -1.21. The summed E-state index contributed by atoms with van der Waals surface area (Å²) in [5.74, 6) is -2.20. The van der Waals surface area contributed by atoms with E-state index in [1.807, 2.05) is 0 Å². The van der Waals surface area contributed by atoms with Gasteiger partial charge in [0.15, 0.2) is 11.6 Å². The Morgan fingerprint density at radius 2 is 2.06 bits per heavy atom. The van der Waals surface area contributed by atoms with Gasteiger partial charge in [0.1, 0.15) is 0 Å². The van der Waals surface area contributed by atoms with Gasteiger partial charge in [0, 0.05) is 6.54 Å². The third kappa shape index (κ3) is 4.58. The SMILES string of the molecule is OC(CCl)CNc1cccc(OC(F)(F)F)c1F. The molecule has 1 unspecified atom stereocenters. The number of aliphatic hydroxyl groups is 1. The van der Waals surface area contributed by atoms with Crippen molar-refractivity contribution in [2.45, 2.75) is 12.5 Å². The molecule has 0 aromatic heterocycles. The van der Waals surface area contributed by atoms with Crippen molar-refractivity contribution in [3.63, 3.8) is 0 Å². The summed E-state index contributed by atoms with van der Waals surface area (Å²) < 4.78 is 52.9. The normalized spacial score (nSPS) is 13.2. The van der Waals surface area contributed by atoms with Crippen LogP contribution in [0.15, 0.2) is 18.2 Å². The van der Waals surface area contributed by atoms with Crippen LogP contribution in [0, 0.1) is 5.82 Å². The summed E-state index contributed by atoms with van der Waals surface area (Å²) in [6, 6.07) is 3.27. The fourth-order valence-electron chi connectivity index (χ4n) is 1.13. The van der Waals surface area contributed by atoms with Gasteiger partial charge in [-0.1, -0.05) is 6.07 Å². The number of benzene rings is 1. The second-order valence-corrected chi connectivity index (χ2v) is 3.66. The maximum absolute atomic E-state index is 13.6. The van der Waals surface area contributed by atoms with Crippen LogP contribution >= 0.6 is 11.6 Å². The van der Waals surface area contributed by atoms with Gasteiger partial charge in [0.2, 0.25) is 0 Å². The summed E-state index contributed by atoms with van der Waals surface area (Å²) in [6.07, 6.45) is -5.90. The van der Waals surface area contributed by atoms with Crippen LogP contribution in [0.5, 0.6) is 5.75 Å². The Kier molecular flexibility index (Phi) is 5.03. The number of anilines is 1. The van der Waals surface area contributed by atoms with Gasteiger partial charge in [-0.2, -0.15) is 0 Å². The molecule has 0 aliphatic rings. The molecule has 0 amide bonds. The minimum atomic E-state index is -4.96. The molecule has 0 aliphatic carbocycles. The van der Waals surface area contributed by atoms with Crippen LogP contribution in [-0.4, -0.2) is 30.0 Å². The minimum Gasteiger partial charge on any atom is -0.403 e. The van der Waals surface area contributed by atoms with Gasteiger partial charge in [-0.15, -0.1) is 24.8 Å². The highest BCUT2D eigenvalue weighted by Gasteiger charge is 2.32. The molecule has 102 valence electrons. The van der Waals surface area contributed by atoms with Gasteiger partial charge in [-0.25, -0.2) is 4.39 Å². The number of ether oxygens (including phenoxy) is 1. The van der Waals surface area contributed by atoms with Crippen LogP contribution in [0.4, 0.5) is 23.2 Å². The van der Waals surface area contributed by atoms with E-state index < -0.39 is 24.0 Å².